The van der Waals surface area contributed by atoms with Crippen molar-refractivity contribution in [2.24, 2.45) is 0 Å². The molecule has 0 N–H and O–H groups in total. The maximum atomic E-state index is 13.7. The topological polar surface area (TPSA) is 44.8 Å². The first-order valence-corrected chi connectivity index (χ1v) is 7.14. The van der Waals surface area contributed by atoms with E-state index in [4.69, 9.17) is 14.2 Å². The van der Waals surface area contributed by atoms with Gasteiger partial charge >= 0.3 is 5.97 Å². The molecule has 0 bridgehead atoms. The lowest BCUT2D eigenvalue weighted by Crippen LogP contribution is -2.09. The molecule has 0 fully saturated rings. The molecule has 0 atom stereocenters. The zero-order valence-corrected chi connectivity index (χ0v) is 13.1. The van der Waals surface area contributed by atoms with Crippen molar-refractivity contribution in [3.05, 3.63) is 64.7 Å². The number of hydrogen-bond donors (Lipinski definition) is 0. The molecule has 6 heteroatoms. The number of esters is 1. The Balaban J connectivity index is 2.17. The second-order valence-electron chi connectivity index (χ2n) is 5.10. The average Bonchev–Trinajstić information content (AvgIpc) is 2.62. The van der Waals surface area contributed by atoms with Crippen molar-refractivity contribution < 1.29 is 27.8 Å². The van der Waals surface area contributed by atoms with Gasteiger partial charge in [-0.15, -0.1) is 0 Å². The van der Waals surface area contributed by atoms with Gasteiger partial charge in [0.15, 0.2) is 11.6 Å². The lowest BCUT2D eigenvalue weighted by Gasteiger charge is -2.21. The summed E-state index contributed by atoms with van der Waals surface area (Å²) >= 11 is 0. The first kappa shape index (κ1) is 16.0. The number of ether oxygens (including phenoxy) is 3. The molecule has 24 heavy (non-hydrogen) atoms. The molecule has 3 rings (SSSR count). The van der Waals surface area contributed by atoms with Gasteiger partial charge in [-0.05, 0) is 35.9 Å². The van der Waals surface area contributed by atoms with Gasteiger partial charge in [0.2, 0.25) is 0 Å². The predicted molar refractivity (Wildman–Crippen MR) is 83.3 cm³/mol. The van der Waals surface area contributed by atoms with Crippen LogP contribution in [-0.2, 0) is 4.74 Å². The molecular weight excluding hydrogens is 318 g/mol. The molecule has 1 aliphatic rings. The Morgan fingerprint density at radius 1 is 1.08 bits per heavy atom. The Morgan fingerprint density at radius 3 is 2.54 bits per heavy atom. The summed E-state index contributed by atoms with van der Waals surface area (Å²) in [6.45, 7) is 0.266. The summed E-state index contributed by atoms with van der Waals surface area (Å²) in [5, 5.41) is 0. The van der Waals surface area contributed by atoms with Crippen LogP contribution in [0.2, 0.25) is 0 Å². The fourth-order valence-corrected chi connectivity index (χ4v) is 2.60. The van der Waals surface area contributed by atoms with Gasteiger partial charge in [0.05, 0.1) is 19.8 Å². The quantitative estimate of drug-likeness (QED) is 0.806. The van der Waals surface area contributed by atoms with Crippen LogP contribution >= 0.6 is 0 Å². The van der Waals surface area contributed by atoms with E-state index in [2.05, 4.69) is 0 Å². The Hall–Kier alpha value is -2.89. The van der Waals surface area contributed by atoms with E-state index < -0.39 is 17.6 Å². The molecule has 4 nitrogen and oxygen atoms in total. The highest BCUT2D eigenvalue weighted by Crippen LogP contribution is 2.39. The molecular formula is C18H14F2O4. The second-order valence-corrected chi connectivity index (χ2v) is 5.10. The highest BCUT2D eigenvalue weighted by Gasteiger charge is 2.22. The fraction of sp³-hybridized carbons (Fsp3) is 0.167. The zero-order valence-electron chi connectivity index (χ0n) is 13.1. The normalized spacial score (nSPS) is 12.8. The number of hydrogen-bond acceptors (Lipinski definition) is 4. The van der Waals surface area contributed by atoms with Crippen LogP contribution < -0.4 is 9.47 Å². The van der Waals surface area contributed by atoms with E-state index in [9.17, 15) is 13.6 Å². The molecule has 2 aromatic carbocycles. The molecule has 0 spiro atoms. The van der Waals surface area contributed by atoms with Crippen LogP contribution in [0.25, 0.3) is 5.57 Å². The van der Waals surface area contributed by atoms with Crippen molar-refractivity contribution in [1.29, 1.82) is 0 Å². The molecule has 0 aromatic heterocycles. The maximum Gasteiger partial charge on any atom is 0.337 e. The molecule has 2 aromatic rings. The molecule has 0 saturated carbocycles. The number of carbonyl (C=O) groups is 1. The summed E-state index contributed by atoms with van der Waals surface area (Å²) in [5.74, 6) is -1.75. The summed E-state index contributed by atoms with van der Waals surface area (Å²) in [5.41, 5.74) is 1.88. The van der Waals surface area contributed by atoms with Crippen LogP contribution in [-0.4, -0.2) is 26.8 Å². The largest absolute Gasteiger partial charge is 0.496 e. The van der Waals surface area contributed by atoms with Gasteiger partial charge in [-0.3, -0.25) is 0 Å². The van der Waals surface area contributed by atoms with E-state index in [1.54, 1.807) is 24.3 Å². The first-order chi connectivity index (χ1) is 11.5. The smallest absolute Gasteiger partial charge is 0.337 e. The van der Waals surface area contributed by atoms with Crippen LogP contribution in [0.4, 0.5) is 8.78 Å². The number of methoxy groups -OCH3 is 2. The van der Waals surface area contributed by atoms with E-state index in [1.165, 1.54) is 14.2 Å². The number of halogens is 2. The molecule has 0 saturated heterocycles. The summed E-state index contributed by atoms with van der Waals surface area (Å²) in [6, 6.07) is 6.87. The van der Waals surface area contributed by atoms with Gasteiger partial charge in [-0.2, -0.15) is 0 Å². The lowest BCUT2D eigenvalue weighted by molar-refractivity contribution is 0.0600. The zero-order chi connectivity index (χ0) is 17.3. The lowest BCUT2D eigenvalue weighted by atomic mass is 9.93. The minimum Gasteiger partial charge on any atom is -0.496 e. The molecule has 0 radical (unpaired) electrons. The number of benzene rings is 2. The van der Waals surface area contributed by atoms with Gasteiger partial charge in [0.25, 0.3) is 0 Å². The van der Waals surface area contributed by atoms with Gasteiger partial charge in [-0.25, -0.2) is 13.6 Å². The van der Waals surface area contributed by atoms with Crippen molar-refractivity contribution in [2.45, 2.75) is 0 Å². The van der Waals surface area contributed by atoms with Crippen LogP contribution in [0.15, 0.2) is 36.4 Å². The summed E-state index contributed by atoms with van der Waals surface area (Å²) in [4.78, 5) is 11.7. The van der Waals surface area contributed by atoms with Crippen LogP contribution in [0, 0.1) is 11.6 Å². The standard InChI is InChI=1S/C18H14F2O4/c1-22-17-9-15(20)14(19)8-13(17)11-5-6-24-16-4-3-10(7-12(11)16)18(21)23-2/h3-5,7-9H,6H2,1-2H3. The van der Waals surface area contributed by atoms with Crippen LogP contribution in [0.1, 0.15) is 21.5 Å². The van der Waals surface area contributed by atoms with Crippen molar-refractivity contribution >= 4 is 11.5 Å². The average molecular weight is 332 g/mol. The molecule has 0 amide bonds. The highest BCUT2D eigenvalue weighted by molar-refractivity contribution is 5.93. The number of fused-ring (bicyclic) bond motifs is 1. The fourth-order valence-electron chi connectivity index (χ4n) is 2.60. The minimum absolute atomic E-state index is 0.191. The molecule has 1 heterocycles. The second kappa shape index (κ2) is 6.31. The van der Waals surface area contributed by atoms with Crippen LogP contribution in [0.5, 0.6) is 11.5 Å². The van der Waals surface area contributed by atoms with Crippen molar-refractivity contribution in [3.8, 4) is 11.5 Å². The Bertz CT molecular complexity index is 843. The molecule has 124 valence electrons. The Labute approximate surface area is 137 Å². The van der Waals surface area contributed by atoms with E-state index in [0.29, 0.717) is 28.0 Å². The molecule has 1 aliphatic heterocycles. The summed E-state index contributed by atoms with van der Waals surface area (Å²) in [6.07, 6.45) is 1.72. The van der Waals surface area contributed by atoms with E-state index >= 15 is 0 Å². The van der Waals surface area contributed by atoms with E-state index in [-0.39, 0.29) is 12.4 Å². The highest BCUT2D eigenvalue weighted by atomic mass is 19.2. The summed E-state index contributed by atoms with van der Waals surface area (Å²) < 4.78 is 42.6. The Morgan fingerprint density at radius 2 is 1.83 bits per heavy atom. The molecule has 0 unspecified atom stereocenters. The number of rotatable bonds is 3. The third kappa shape index (κ3) is 2.71. The van der Waals surface area contributed by atoms with Crippen LogP contribution in [0.3, 0.4) is 0 Å². The van der Waals surface area contributed by atoms with Gasteiger partial charge in [-0.1, -0.05) is 0 Å². The third-order valence-corrected chi connectivity index (χ3v) is 3.75. The maximum absolute atomic E-state index is 13.7. The monoisotopic (exact) mass is 332 g/mol. The Kier molecular flexibility index (Phi) is 4.20. The van der Waals surface area contributed by atoms with Crippen molar-refractivity contribution in [2.75, 3.05) is 20.8 Å². The SMILES string of the molecule is COC(=O)c1ccc2c(c1)C(c1cc(F)c(F)cc1OC)=CCO2. The summed E-state index contributed by atoms with van der Waals surface area (Å²) in [7, 11) is 2.66. The number of carbonyl (C=O) groups excluding carboxylic acids is 1. The minimum atomic E-state index is -0.994. The predicted octanol–water partition coefficient (Wildman–Crippen LogP) is 3.58. The first-order valence-electron chi connectivity index (χ1n) is 7.14. The van der Waals surface area contributed by atoms with Gasteiger partial charge in [0.1, 0.15) is 18.1 Å². The van der Waals surface area contributed by atoms with E-state index in [0.717, 1.165) is 12.1 Å². The van der Waals surface area contributed by atoms with Crippen molar-refractivity contribution in [1.82, 2.24) is 0 Å². The third-order valence-electron chi connectivity index (χ3n) is 3.75. The van der Waals surface area contributed by atoms with E-state index in [1.807, 2.05) is 0 Å². The molecule has 0 aliphatic carbocycles. The van der Waals surface area contributed by atoms with Gasteiger partial charge in [0, 0.05) is 17.2 Å². The van der Waals surface area contributed by atoms with Crippen molar-refractivity contribution in [3.63, 3.8) is 0 Å². The van der Waals surface area contributed by atoms with Gasteiger partial charge < -0.3 is 14.2 Å².